The van der Waals surface area contributed by atoms with Crippen molar-refractivity contribution < 1.29 is 17.7 Å². The van der Waals surface area contributed by atoms with E-state index in [4.69, 9.17) is 20.2 Å². The number of halogens is 2. The molecule has 5 atom stereocenters. The average molecular weight is 511 g/mol. The third-order valence-corrected chi connectivity index (χ3v) is 7.08. The standard InChI is InChI=1S/C23H39N5.2ClH.Mn/c1-17-14-24-20-10-3-4-11-21(20)25-15-18-8-7-9-19(28(18)2)16-26-22-12-5-6-13-23(22)27-17;;;/h7-9,17,20-27H,2-6,10-16H2,1H3;2*1H;/q;;;+2/p-2/t17-,20-,21-,22-,23-;;;/m1.../s1. The van der Waals surface area contributed by atoms with Gasteiger partial charge in [-0.2, -0.15) is 0 Å². The SMILES string of the molecule is [CH2-][n+]1c2cccc1CN[C@@H]1CCCC[C@H]1N[C@H](C)CN[C@@H]1CCCC[C@H]1NC2.[Cl][Mn][Cl]. The Hall–Kier alpha value is -0.0405. The summed E-state index contributed by atoms with van der Waals surface area (Å²) >= 11 is 0.00694. The molecule has 3 aliphatic rings. The minimum absolute atomic E-state index is 0.00694. The topological polar surface area (TPSA) is 52.0 Å². The van der Waals surface area contributed by atoms with Gasteiger partial charge in [-0.25, -0.2) is 0 Å². The molecule has 2 saturated carbocycles. The van der Waals surface area contributed by atoms with Crippen LogP contribution < -0.4 is 25.8 Å². The first-order valence-electron chi connectivity index (χ1n) is 11.8. The van der Waals surface area contributed by atoms with Gasteiger partial charge in [0.2, 0.25) is 0 Å². The monoisotopic (exact) mass is 510 g/mol. The second-order valence-electron chi connectivity index (χ2n) is 9.22. The quantitative estimate of drug-likeness (QED) is 0.245. The van der Waals surface area contributed by atoms with Gasteiger partial charge in [-0.15, -0.1) is 0 Å². The summed E-state index contributed by atoms with van der Waals surface area (Å²) in [5.74, 6) is 0. The molecule has 0 radical (unpaired) electrons. The van der Waals surface area contributed by atoms with Gasteiger partial charge in [-0.05, 0) is 32.6 Å². The Morgan fingerprint density at radius 2 is 1.29 bits per heavy atom. The second kappa shape index (κ2) is 13.6. The number of nitrogens with zero attached hydrogens (tertiary/aromatic N) is 1. The fourth-order valence-electron chi connectivity index (χ4n) is 5.36. The van der Waals surface area contributed by atoms with E-state index in [-0.39, 0.29) is 13.1 Å². The third-order valence-electron chi connectivity index (χ3n) is 7.08. The zero-order valence-corrected chi connectivity index (χ0v) is 21.4. The molecule has 31 heavy (non-hydrogen) atoms. The molecule has 2 heterocycles. The van der Waals surface area contributed by atoms with Crippen LogP contribution in [0.3, 0.4) is 0 Å². The van der Waals surface area contributed by atoms with E-state index in [9.17, 15) is 0 Å². The Bertz CT molecular complexity index is 665. The van der Waals surface area contributed by atoms with Crippen LogP contribution in [0.5, 0.6) is 0 Å². The van der Waals surface area contributed by atoms with E-state index >= 15 is 0 Å². The Balaban J connectivity index is 0.000000858. The summed E-state index contributed by atoms with van der Waals surface area (Å²) in [5.41, 5.74) is 2.54. The van der Waals surface area contributed by atoms with Gasteiger partial charge >= 0.3 is 33.3 Å². The van der Waals surface area contributed by atoms with Crippen LogP contribution in [0.4, 0.5) is 0 Å². The van der Waals surface area contributed by atoms with Crippen molar-refractivity contribution in [2.75, 3.05) is 6.54 Å². The predicted octanol–water partition coefficient (Wildman–Crippen LogP) is 3.37. The van der Waals surface area contributed by atoms with E-state index in [1.165, 1.54) is 62.8 Å². The van der Waals surface area contributed by atoms with Crippen LogP contribution in [0.2, 0.25) is 0 Å². The fourth-order valence-corrected chi connectivity index (χ4v) is 5.36. The van der Waals surface area contributed by atoms with Crippen molar-refractivity contribution in [3.05, 3.63) is 36.6 Å². The molecule has 4 N–H and O–H groups in total. The summed E-state index contributed by atoms with van der Waals surface area (Å²) in [6.45, 7) is 5.17. The first-order chi connectivity index (χ1) is 15.1. The molecule has 2 aliphatic carbocycles. The number of hydrogen-bond acceptors (Lipinski definition) is 4. The molecule has 0 amide bonds. The number of rotatable bonds is 0. The van der Waals surface area contributed by atoms with Gasteiger partial charge in [-0.1, -0.05) is 43.9 Å². The molecular weight excluding hydrogens is 472 g/mol. The van der Waals surface area contributed by atoms with E-state index < -0.39 is 0 Å². The van der Waals surface area contributed by atoms with Crippen molar-refractivity contribution in [3.8, 4) is 0 Å². The fraction of sp³-hybridized carbons (Fsp3) is 0.739. The van der Waals surface area contributed by atoms with Crippen molar-refractivity contribution in [2.24, 2.45) is 0 Å². The zero-order valence-electron chi connectivity index (χ0n) is 18.7. The summed E-state index contributed by atoms with van der Waals surface area (Å²) in [5, 5.41) is 15.5. The van der Waals surface area contributed by atoms with Crippen molar-refractivity contribution in [1.29, 1.82) is 0 Å². The van der Waals surface area contributed by atoms with Gasteiger partial charge in [0.05, 0.1) is 11.4 Å². The molecule has 4 rings (SSSR count). The molecule has 177 valence electrons. The Morgan fingerprint density at radius 3 is 1.84 bits per heavy atom. The van der Waals surface area contributed by atoms with E-state index in [0.717, 1.165) is 19.6 Å². The summed E-state index contributed by atoms with van der Waals surface area (Å²) in [7, 11) is 13.9. The molecule has 1 aromatic rings. The third kappa shape index (κ3) is 7.75. The summed E-state index contributed by atoms with van der Waals surface area (Å²) in [6.07, 6.45) is 10.4. The van der Waals surface area contributed by atoms with Gasteiger partial charge < -0.3 is 25.8 Å². The van der Waals surface area contributed by atoms with Gasteiger partial charge in [0, 0.05) is 56.9 Å². The van der Waals surface area contributed by atoms with Crippen LogP contribution in [0.15, 0.2) is 18.2 Å². The molecule has 2 fully saturated rings. The first-order valence-corrected chi connectivity index (χ1v) is 15.0. The van der Waals surface area contributed by atoms with E-state index in [1.54, 1.807) is 0 Å². The number of fused-ring (bicyclic) bond motifs is 4. The van der Waals surface area contributed by atoms with Crippen LogP contribution in [-0.4, -0.2) is 36.8 Å². The van der Waals surface area contributed by atoms with Crippen LogP contribution in [0, 0.1) is 7.05 Å². The summed E-state index contributed by atoms with van der Waals surface area (Å²) < 4.78 is 2.14. The number of aromatic nitrogens is 1. The Labute approximate surface area is 203 Å². The van der Waals surface area contributed by atoms with Gasteiger partial charge in [0.15, 0.2) is 0 Å². The molecule has 0 aromatic carbocycles. The molecule has 0 spiro atoms. The maximum absolute atomic E-state index is 4.80. The predicted molar refractivity (Wildman–Crippen MR) is 125 cm³/mol. The molecule has 0 saturated heterocycles. The summed E-state index contributed by atoms with van der Waals surface area (Å²) in [6, 6.07) is 9.34. The Morgan fingerprint density at radius 1 is 0.839 bits per heavy atom. The van der Waals surface area contributed by atoms with Crippen LogP contribution in [0.1, 0.15) is 69.7 Å². The molecule has 1 aromatic heterocycles. The van der Waals surface area contributed by atoms with E-state index in [1.807, 2.05) is 0 Å². The van der Waals surface area contributed by atoms with Crippen molar-refractivity contribution in [2.45, 2.75) is 102 Å². The number of hydrogen-bond donors (Lipinski definition) is 4. The average Bonchev–Trinajstić information content (AvgIpc) is 2.78. The van der Waals surface area contributed by atoms with Gasteiger partial charge in [0.25, 0.3) is 0 Å². The summed E-state index contributed by atoms with van der Waals surface area (Å²) in [4.78, 5) is 0. The van der Waals surface area contributed by atoms with Crippen molar-refractivity contribution >= 4 is 20.2 Å². The first kappa shape index (κ1) is 25.6. The Kier molecular flexibility index (Phi) is 11.2. The number of pyridine rings is 1. The van der Waals surface area contributed by atoms with Crippen molar-refractivity contribution in [1.82, 2.24) is 21.3 Å². The normalized spacial score (nSPS) is 32.3. The zero-order chi connectivity index (χ0) is 22.1. The van der Waals surface area contributed by atoms with Crippen LogP contribution >= 0.6 is 20.2 Å². The molecule has 8 heteroatoms. The maximum atomic E-state index is 4.80. The minimum atomic E-state index is 0.00694. The van der Waals surface area contributed by atoms with E-state index in [0.29, 0.717) is 30.2 Å². The van der Waals surface area contributed by atoms with Crippen LogP contribution in [-0.2, 0) is 26.2 Å². The van der Waals surface area contributed by atoms with E-state index in [2.05, 4.69) is 58.0 Å². The van der Waals surface area contributed by atoms with Crippen LogP contribution in [0.25, 0.3) is 0 Å². The molecule has 1 aliphatic heterocycles. The molecular formula is C23H39Cl2MnN5. The second-order valence-corrected chi connectivity index (χ2v) is 11.2. The number of nitrogens with one attached hydrogen (secondary N) is 4. The molecule has 2 bridgehead atoms. The van der Waals surface area contributed by atoms with Gasteiger partial charge in [0.1, 0.15) is 0 Å². The van der Waals surface area contributed by atoms with Gasteiger partial charge in [-0.3, -0.25) is 0 Å². The molecule has 0 unspecified atom stereocenters. The molecule has 5 nitrogen and oxygen atoms in total. The van der Waals surface area contributed by atoms with Crippen molar-refractivity contribution in [3.63, 3.8) is 0 Å².